The second-order valence-corrected chi connectivity index (χ2v) is 4.41. The Hall–Kier alpha value is -1.55. The van der Waals surface area contributed by atoms with Gasteiger partial charge in [-0.2, -0.15) is 0 Å². The first-order chi connectivity index (χ1) is 8.52. The highest BCUT2D eigenvalue weighted by Crippen LogP contribution is 2.31. The van der Waals surface area contributed by atoms with Crippen LogP contribution in [0.25, 0.3) is 0 Å². The largest absolute Gasteiger partial charge is 0.508 e. The van der Waals surface area contributed by atoms with Gasteiger partial charge in [0.25, 0.3) is 0 Å². The van der Waals surface area contributed by atoms with E-state index in [1.165, 1.54) is 0 Å². The zero-order valence-corrected chi connectivity index (χ0v) is 11.1. The number of phenols is 1. The van der Waals surface area contributed by atoms with Crippen molar-refractivity contribution in [2.75, 3.05) is 7.05 Å². The molecule has 1 rings (SSSR count). The van der Waals surface area contributed by atoms with E-state index in [9.17, 15) is 15.0 Å². The smallest absolute Gasteiger partial charge is 0.320 e. The van der Waals surface area contributed by atoms with Crippen molar-refractivity contribution in [3.63, 3.8) is 0 Å². The fraction of sp³-hybridized carbons (Fsp3) is 0.500. The molecule has 0 aliphatic rings. The predicted octanol–water partition coefficient (Wildman–Crippen LogP) is 2.64. The Bertz CT molecular complexity index is 406. The number of likely N-dealkylation sites (N-methyl/N-ethyl adjacent to an activating group) is 1. The fourth-order valence-electron chi connectivity index (χ4n) is 2.35. The number of carboxylic acids is 1. The van der Waals surface area contributed by atoms with Crippen LogP contribution in [0.15, 0.2) is 24.3 Å². The Morgan fingerprint density at radius 1 is 1.28 bits per heavy atom. The van der Waals surface area contributed by atoms with Gasteiger partial charge in [0, 0.05) is 11.6 Å². The van der Waals surface area contributed by atoms with Gasteiger partial charge in [0.2, 0.25) is 0 Å². The van der Waals surface area contributed by atoms with E-state index in [4.69, 9.17) is 0 Å². The van der Waals surface area contributed by atoms with Gasteiger partial charge in [-0.05, 0) is 26.0 Å². The van der Waals surface area contributed by atoms with Gasteiger partial charge in [-0.1, -0.05) is 32.0 Å². The van der Waals surface area contributed by atoms with Crippen LogP contribution in [-0.4, -0.2) is 34.2 Å². The van der Waals surface area contributed by atoms with Crippen LogP contribution in [-0.2, 0) is 4.79 Å². The molecule has 0 saturated carbocycles. The molecule has 2 unspecified atom stereocenters. The molecule has 2 atom stereocenters. The monoisotopic (exact) mass is 251 g/mol. The zero-order chi connectivity index (χ0) is 13.7. The van der Waals surface area contributed by atoms with Crippen molar-refractivity contribution >= 4 is 5.97 Å². The van der Waals surface area contributed by atoms with Gasteiger partial charge in [-0.25, -0.2) is 0 Å². The van der Waals surface area contributed by atoms with E-state index in [-0.39, 0.29) is 11.8 Å². The van der Waals surface area contributed by atoms with E-state index in [0.717, 1.165) is 12.0 Å². The Balaban J connectivity index is 3.03. The van der Waals surface area contributed by atoms with Gasteiger partial charge in [0.05, 0.1) is 0 Å². The molecule has 100 valence electrons. The summed E-state index contributed by atoms with van der Waals surface area (Å²) in [7, 11) is 1.79. The van der Waals surface area contributed by atoms with E-state index >= 15 is 0 Å². The van der Waals surface area contributed by atoms with Crippen LogP contribution in [0.5, 0.6) is 5.75 Å². The third-order valence-electron chi connectivity index (χ3n) is 3.34. The highest BCUT2D eigenvalue weighted by molar-refractivity contribution is 5.73. The van der Waals surface area contributed by atoms with Crippen LogP contribution in [0.2, 0.25) is 0 Å². The van der Waals surface area contributed by atoms with E-state index in [1.807, 2.05) is 30.9 Å². The van der Waals surface area contributed by atoms with Crippen molar-refractivity contribution in [3.8, 4) is 5.75 Å². The van der Waals surface area contributed by atoms with E-state index < -0.39 is 12.0 Å². The second kappa shape index (κ2) is 6.40. The molecule has 4 nitrogen and oxygen atoms in total. The molecule has 0 heterocycles. The molecule has 18 heavy (non-hydrogen) atoms. The number of para-hydroxylation sites is 1. The number of carbonyl (C=O) groups is 1. The molecule has 0 radical (unpaired) electrons. The lowest BCUT2D eigenvalue weighted by Gasteiger charge is -2.32. The Morgan fingerprint density at radius 2 is 1.89 bits per heavy atom. The van der Waals surface area contributed by atoms with Crippen molar-refractivity contribution in [2.24, 2.45) is 0 Å². The lowest BCUT2D eigenvalue weighted by molar-refractivity contribution is -0.143. The van der Waals surface area contributed by atoms with Crippen LogP contribution in [0.4, 0.5) is 0 Å². The van der Waals surface area contributed by atoms with Gasteiger partial charge in [-0.15, -0.1) is 0 Å². The lowest BCUT2D eigenvalue weighted by Crippen LogP contribution is -2.40. The minimum atomic E-state index is -0.825. The second-order valence-electron chi connectivity index (χ2n) is 4.41. The molecule has 0 fully saturated rings. The van der Waals surface area contributed by atoms with Crippen molar-refractivity contribution in [1.29, 1.82) is 0 Å². The highest BCUT2D eigenvalue weighted by atomic mass is 16.4. The van der Waals surface area contributed by atoms with Crippen molar-refractivity contribution in [1.82, 2.24) is 4.90 Å². The maximum Gasteiger partial charge on any atom is 0.320 e. The van der Waals surface area contributed by atoms with E-state index in [0.29, 0.717) is 6.42 Å². The molecule has 0 aromatic heterocycles. The number of benzene rings is 1. The average molecular weight is 251 g/mol. The topological polar surface area (TPSA) is 60.8 Å². The zero-order valence-electron chi connectivity index (χ0n) is 11.1. The Kier molecular flexibility index (Phi) is 5.16. The van der Waals surface area contributed by atoms with E-state index in [1.54, 1.807) is 19.2 Å². The third kappa shape index (κ3) is 3.01. The third-order valence-corrected chi connectivity index (χ3v) is 3.34. The molecule has 0 spiro atoms. The first-order valence-corrected chi connectivity index (χ1v) is 6.25. The van der Waals surface area contributed by atoms with Crippen molar-refractivity contribution in [2.45, 2.75) is 38.8 Å². The number of nitrogens with zero attached hydrogens (tertiary/aromatic N) is 1. The van der Waals surface area contributed by atoms with Crippen molar-refractivity contribution in [3.05, 3.63) is 29.8 Å². The molecular weight excluding hydrogens is 230 g/mol. The van der Waals surface area contributed by atoms with Crippen LogP contribution in [0, 0.1) is 0 Å². The summed E-state index contributed by atoms with van der Waals surface area (Å²) < 4.78 is 0. The highest BCUT2D eigenvalue weighted by Gasteiger charge is 2.28. The number of rotatable bonds is 6. The molecule has 0 bridgehead atoms. The summed E-state index contributed by atoms with van der Waals surface area (Å²) in [6.07, 6.45) is 1.29. The molecule has 0 amide bonds. The number of phenolic OH excluding ortho intramolecular Hbond substituents is 1. The lowest BCUT2D eigenvalue weighted by atomic mass is 10.00. The summed E-state index contributed by atoms with van der Waals surface area (Å²) in [5.74, 6) is -0.606. The maximum absolute atomic E-state index is 11.2. The molecule has 2 N–H and O–H groups in total. The van der Waals surface area contributed by atoms with E-state index in [2.05, 4.69) is 0 Å². The number of carboxylic acid groups (broad SMARTS) is 1. The first kappa shape index (κ1) is 14.5. The maximum atomic E-state index is 11.2. The summed E-state index contributed by atoms with van der Waals surface area (Å²) >= 11 is 0. The van der Waals surface area contributed by atoms with Crippen LogP contribution < -0.4 is 0 Å². The van der Waals surface area contributed by atoms with Gasteiger partial charge >= 0.3 is 5.97 Å². The predicted molar refractivity (Wildman–Crippen MR) is 70.6 cm³/mol. The number of hydrogen-bond donors (Lipinski definition) is 2. The molecular formula is C14H21NO3. The SMILES string of the molecule is CCC(C(=O)O)N(C)C(CC)c1ccccc1O. The normalized spacial score (nSPS) is 14.4. The summed E-state index contributed by atoms with van der Waals surface area (Å²) in [5.41, 5.74) is 0.780. The minimum absolute atomic E-state index is 0.0905. The molecule has 4 heteroatoms. The van der Waals surface area contributed by atoms with Gasteiger partial charge in [0.1, 0.15) is 11.8 Å². The summed E-state index contributed by atoms with van der Waals surface area (Å²) in [4.78, 5) is 13.0. The molecule has 0 aliphatic heterocycles. The number of hydrogen-bond acceptors (Lipinski definition) is 3. The summed E-state index contributed by atoms with van der Waals surface area (Å²) in [5, 5.41) is 19.1. The number of aliphatic carboxylic acids is 1. The van der Waals surface area contributed by atoms with Gasteiger partial charge in [-0.3, -0.25) is 9.69 Å². The molecule has 1 aromatic carbocycles. The van der Waals surface area contributed by atoms with Crippen LogP contribution in [0.1, 0.15) is 38.3 Å². The van der Waals surface area contributed by atoms with Gasteiger partial charge in [0.15, 0.2) is 0 Å². The number of aromatic hydroxyl groups is 1. The Labute approximate surface area is 108 Å². The van der Waals surface area contributed by atoms with Crippen LogP contribution in [0.3, 0.4) is 0 Å². The molecule has 1 aromatic rings. The summed E-state index contributed by atoms with van der Waals surface area (Å²) in [6.45, 7) is 3.84. The fourth-order valence-corrected chi connectivity index (χ4v) is 2.35. The average Bonchev–Trinajstić information content (AvgIpc) is 2.33. The molecule has 0 saturated heterocycles. The van der Waals surface area contributed by atoms with Crippen molar-refractivity contribution < 1.29 is 15.0 Å². The quantitative estimate of drug-likeness (QED) is 0.816. The molecule has 0 aliphatic carbocycles. The standard InChI is InChI=1S/C14H21NO3/c1-4-11(10-8-6-7-9-13(10)16)15(3)12(5-2)14(17)18/h6-9,11-12,16H,4-5H2,1-3H3,(H,17,18). The Morgan fingerprint density at radius 3 is 2.33 bits per heavy atom. The first-order valence-electron chi connectivity index (χ1n) is 6.25. The van der Waals surface area contributed by atoms with Crippen LogP contribution >= 0.6 is 0 Å². The van der Waals surface area contributed by atoms with Gasteiger partial charge < -0.3 is 10.2 Å². The summed E-state index contributed by atoms with van der Waals surface area (Å²) in [6, 6.07) is 6.47. The minimum Gasteiger partial charge on any atom is -0.508 e.